The Kier molecular flexibility index (Phi) is 3.29. The fourth-order valence-corrected chi connectivity index (χ4v) is 2.22. The Morgan fingerprint density at radius 3 is 2.65 bits per heavy atom. The van der Waals surface area contributed by atoms with Gasteiger partial charge in [0.25, 0.3) is 0 Å². The molecule has 1 aliphatic carbocycles. The first-order chi connectivity index (χ1) is 8.09. The van der Waals surface area contributed by atoms with Crippen molar-refractivity contribution in [2.45, 2.75) is 44.6 Å². The average molecular weight is 235 g/mol. The van der Waals surface area contributed by atoms with Crippen LogP contribution in [0.4, 0.5) is 0 Å². The van der Waals surface area contributed by atoms with Gasteiger partial charge >= 0.3 is 0 Å². The minimum atomic E-state index is 0.0283. The van der Waals surface area contributed by atoms with Crippen molar-refractivity contribution in [2.75, 3.05) is 7.11 Å². The summed E-state index contributed by atoms with van der Waals surface area (Å²) in [4.78, 5) is 0. The van der Waals surface area contributed by atoms with E-state index in [1.54, 1.807) is 7.11 Å². The number of aromatic hydroxyl groups is 1. The van der Waals surface area contributed by atoms with Crippen LogP contribution in [0.25, 0.3) is 0 Å². The third kappa shape index (κ3) is 2.55. The van der Waals surface area contributed by atoms with Gasteiger partial charge in [-0.05, 0) is 43.7 Å². The molecule has 3 heteroatoms. The molecule has 0 unspecified atom stereocenters. The standard InChI is InChI=1S/C14H21NO2/c1-3-10-4-5-12(17-2)13(16)11(10)6-7-14(15)8-9-14/h4-5,16H,3,6-9,15H2,1-2H3. The Balaban J connectivity index is 2.22. The Bertz CT molecular complexity index is 411. The summed E-state index contributed by atoms with van der Waals surface area (Å²) in [5.74, 6) is 0.843. The predicted molar refractivity (Wildman–Crippen MR) is 68.5 cm³/mol. The molecule has 1 aliphatic rings. The van der Waals surface area contributed by atoms with Gasteiger partial charge in [-0.3, -0.25) is 0 Å². The summed E-state index contributed by atoms with van der Waals surface area (Å²) in [6.07, 6.45) is 4.92. The molecule has 94 valence electrons. The van der Waals surface area contributed by atoms with Gasteiger partial charge in [-0.2, -0.15) is 0 Å². The monoisotopic (exact) mass is 235 g/mol. The number of hydrogen-bond acceptors (Lipinski definition) is 3. The van der Waals surface area contributed by atoms with E-state index in [1.807, 2.05) is 12.1 Å². The van der Waals surface area contributed by atoms with Crippen molar-refractivity contribution in [1.29, 1.82) is 0 Å². The number of methoxy groups -OCH3 is 1. The molecule has 0 radical (unpaired) electrons. The first kappa shape index (κ1) is 12.2. The number of benzene rings is 1. The predicted octanol–water partition coefficient (Wildman–Crippen LogP) is 2.39. The zero-order valence-corrected chi connectivity index (χ0v) is 10.6. The zero-order valence-electron chi connectivity index (χ0n) is 10.6. The highest BCUT2D eigenvalue weighted by Crippen LogP contribution is 2.39. The van der Waals surface area contributed by atoms with Gasteiger partial charge in [0.15, 0.2) is 11.5 Å². The molecule has 3 nitrogen and oxygen atoms in total. The normalized spacial score (nSPS) is 16.9. The molecule has 3 N–H and O–H groups in total. The van der Waals surface area contributed by atoms with Crippen LogP contribution in [0.3, 0.4) is 0 Å². The molecule has 2 rings (SSSR count). The second-order valence-corrected chi connectivity index (χ2v) is 4.97. The molecule has 1 aromatic rings. The first-order valence-corrected chi connectivity index (χ1v) is 6.26. The molecule has 0 bridgehead atoms. The average Bonchev–Trinajstić information content (AvgIpc) is 3.06. The Hall–Kier alpha value is -1.22. The van der Waals surface area contributed by atoms with Crippen LogP contribution in [0.15, 0.2) is 12.1 Å². The fraction of sp³-hybridized carbons (Fsp3) is 0.571. The Morgan fingerprint density at radius 2 is 2.12 bits per heavy atom. The number of hydrogen-bond donors (Lipinski definition) is 2. The SMILES string of the molecule is CCc1ccc(OC)c(O)c1CCC1(N)CC1. The molecule has 0 amide bonds. The van der Waals surface area contributed by atoms with Crippen LogP contribution in [-0.2, 0) is 12.8 Å². The smallest absolute Gasteiger partial charge is 0.161 e. The van der Waals surface area contributed by atoms with Crippen molar-refractivity contribution in [1.82, 2.24) is 0 Å². The largest absolute Gasteiger partial charge is 0.504 e. The van der Waals surface area contributed by atoms with E-state index in [9.17, 15) is 5.11 Å². The zero-order chi connectivity index (χ0) is 12.5. The molecular weight excluding hydrogens is 214 g/mol. The van der Waals surface area contributed by atoms with Crippen molar-refractivity contribution >= 4 is 0 Å². The highest BCUT2D eigenvalue weighted by Gasteiger charge is 2.37. The lowest BCUT2D eigenvalue weighted by Crippen LogP contribution is -2.22. The summed E-state index contributed by atoms with van der Waals surface area (Å²) < 4.78 is 5.15. The minimum Gasteiger partial charge on any atom is -0.504 e. The quantitative estimate of drug-likeness (QED) is 0.824. The van der Waals surface area contributed by atoms with Gasteiger partial charge in [0.05, 0.1) is 7.11 Å². The maximum Gasteiger partial charge on any atom is 0.161 e. The van der Waals surface area contributed by atoms with E-state index < -0.39 is 0 Å². The number of rotatable bonds is 5. The van der Waals surface area contributed by atoms with Crippen LogP contribution < -0.4 is 10.5 Å². The molecule has 0 heterocycles. The van der Waals surface area contributed by atoms with Gasteiger partial charge in [0.2, 0.25) is 0 Å². The van der Waals surface area contributed by atoms with E-state index in [2.05, 4.69) is 6.92 Å². The van der Waals surface area contributed by atoms with E-state index in [-0.39, 0.29) is 11.3 Å². The van der Waals surface area contributed by atoms with E-state index in [4.69, 9.17) is 10.5 Å². The Morgan fingerprint density at radius 1 is 1.41 bits per heavy atom. The lowest BCUT2D eigenvalue weighted by atomic mass is 9.96. The van der Waals surface area contributed by atoms with Crippen LogP contribution in [-0.4, -0.2) is 17.8 Å². The number of aryl methyl sites for hydroxylation is 1. The van der Waals surface area contributed by atoms with Crippen molar-refractivity contribution in [3.05, 3.63) is 23.3 Å². The van der Waals surface area contributed by atoms with Gasteiger partial charge in [-0.1, -0.05) is 13.0 Å². The van der Waals surface area contributed by atoms with E-state index in [1.165, 1.54) is 5.56 Å². The lowest BCUT2D eigenvalue weighted by Gasteiger charge is -2.15. The van der Waals surface area contributed by atoms with Crippen molar-refractivity contribution < 1.29 is 9.84 Å². The lowest BCUT2D eigenvalue weighted by molar-refractivity contribution is 0.369. The number of nitrogens with two attached hydrogens (primary N) is 1. The van der Waals surface area contributed by atoms with Crippen LogP contribution in [0.2, 0.25) is 0 Å². The minimum absolute atomic E-state index is 0.0283. The third-order valence-electron chi connectivity index (χ3n) is 3.71. The molecule has 17 heavy (non-hydrogen) atoms. The Labute approximate surface area is 103 Å². The van der Waals surface area contributed by atoms with E-state index in [0.717, 1.165) is 37.7 Å². The number of phenolic OH excluding ortho intramolecular Hbond substituents is 1. The second kappa shape index (κ2) is 4.57. The summed E-state index contributed by atoms with van der Waals surface area (Å²) in [5.41, 5.74) is 8.31. The maximum atomic E-state index is 10.2. The molecule has 0 saturated heterocycles. The summed E-state index contributed by atoms with van der Waals surface area (Å²) >= 11 is 0. The van der Waals surface area contributed by atoms with Crippen molar-refractivity contribution in [2.24, 2.45) is 5.73 Å². The summed E-state index contributed by atoms with van der Waals surface area (Å²) in [6, 6.07) is 3.86. The number of ether oxygens (including phenoxy) is 1. The van der Waals surface area contributed by atoms with Gasteiger partial charge in [0.1, 0.15) is 0 Å². The van der Waals surface area contributed by atoms with E-state index >= 15 is 0 Å². The van der Waals surface area contributed by atoms with Crippen LogP contribution in [0, 0.1) is 0 Å². The topological polar surface area (TPSA) is 55.5 Å². The molecule has 1 aromatic carbocycles. The van der Waals surface area contributed by atoms with E-state index in [0.29, 0.717) is 5.75 Å². The highest BCUT2D eigenvalue weighted by atomic mass is 16.5. The van der Waals surface area contributed by atoms with Crippen LogP contribution in [0.1, 0.15) is 37.3 Å². The molecular formula is C14H21NO2. The first-order valence-electron chi connectivity index (χ1n) is 6.26. The van der Waals surface area contributed by atoms with Gasteiger partial charge in [0, 0.05) is 11.1 Å². The molecule has 0 aromatic heterocycles. The van der Waals surface area contributed by atoms with Crippen molar-refractivity contribution in [3.63, 3.8) is 0 Å². The van der Waals surface area contributed by atoms with Gasteiger partial charge in [-0.15, -0.1) is 0 Å². The molecule has 0 aliphatic heterocycles. The van der Waals surface area contributed by atoms with Crippen LogP contribution in [0.5, 0.6) is 11.5 Å². The van der Waals surface area contributed by atoms with Crippen molar-refractivity contribution in [3.8, 4) is 11.5 Å². The molecule has 0 atom stereocenters. The second-order valence-electron chi connectivity index (χ2n) is 4.97. The molecule has 0 spiro atoms. The number of phenols is 1. The van der Waals surface area contributed by atoms with Crippen LogP contribution >= 0.6 is 0 Å². The highest BCUT2D eigenvalue weighted by molar-refractivity contribution is 5.50. The summed E-state index contributed by atoms with van der Waals surface area (Å²) in [6.45, 7) is 2.10. The van der Waals surface area contributed by atoms with Gasteiger partial charge < -0.3 is 15.6 Å². The summed E-state index contributed by atoms with van der Waals surface area (Å²) in [7, 11) is 1.58. The molecule has 1 saturated carbocycles. The van der Waals surface area contributed by atoms with Gasteiger partial charge in [-0.25, -0.2) is 0 Å². The fourth-order valence-electron chi connectivity index (χ4n) is 2.22. The molecule has 1 fully saturated rings. The third-order valence-corrected chi connectivity index (χ3v) is 3.71. The summed E-state index contributed by atoms with van der Waals surface area (Å²) in [5, 5.41) is 10.2. The maximum absolute atomic E-state index is 10.2.